The lowest BCUT2D eigenvalue weighted by atomic mass is 10.2. The quantitative estimate of drug-likeness (QED) is 0.561. The Morgan fingerprint density at radius 3 is 2.06 bits per heavy atom. The highest BCUT2D eigenvalue weighted by Gasteiger charge is 2.13. The highest BCUT2D eigenvalue weighted by atomic mass is 16.5. The van der Waals surface area contributed by atoms with Crippen molar-refractivity contribution >= 4 is 11.8 Å². The number of carbonyl (C=O) groups is 1. The lowest BCUT2D eigenvalue weighted by Gasteiger charge is -2.21. The second-order valence-corrected chi connectivity index (χ2v) is 3.43. The summed E-state index contributed by atoms with van der Waals surface area (Å²) < 4.78 is 9.83. The van der Waals surface area contributed by atoms with Crippen molar-refractivity contribution in [3.8, 4) is 0 Å². The third-order valence-corrected chi connectivity index (χ3v) is 2.07. The summed E-state index contributed by atoms with van der Waals surface area (Å²) in [4.78, 5) is 23.7. The summed E-state index contributed by atoms with van der Waals surface area (Å²) in [5, 5.41) is 0. The molecule has 0 spiro atoms. The number of methoxy groups -OCH3 is 2. The van der Waals surface area contributed by atoms with Crippen LogP contribution in [0.2, 0.25) is 0 Å². The van der Waals surface area contributed by atoms with Crippen LogP contribution in [0.4, 0.5) is 0 Å². The van der Waals surface area contributed by atoms with Gasteiger partial charge in [0.05, 0.1) is 19.6 Å². The van der Waals surface area contributed by atoms with Gasteiger partial charge >= 0.3 is 0 Å². The maximum absolute atomic E-state index is 11.7. The number of ether oxygens (including phenoxy) is 2. The predicted octanol–water partition coefficient (Wildman–Crippen LogP) is 0.276. The Balaban J connectivity index is 4.24. The maximum atomic E-state index is 11.7. The zero-order chi connectivity index (χ0) is 12.4. The molecule has 0 saturated carbocycles. The van der Waals surface area contributed by atoms with E-state index in [0.29, 0.717) is 31.9 Å². The van der Waals surface area contributed by atoms with Crippen LogP contribution in [-0.2, 0) is 19.1 Å². The Kier molecular flexibility index (Phi) is 8.43. The molecule has 5 heteroatoms. The molecule has 0 saturated heterocycles. The molecule has 0 rings (SSSR count). The third kappa shape index (κ3) is 6.35. The molecule has 0 N–H and O–H groups in total. The first-order valence-electron chi connectivity index (χ1n) is 5.12. The summed E-state index contributed by atoms with van der Waals surface area (Å²) in [5.41, 5.74) is 0.407. The van der Waals surface area contributed by atoms with E-state index in [-0.39, 0.29) is 12.3 Å². The summed E-state index contributed by atoms with van der Waals surface area (Å²) in [6.45, 7) is 3.55. The number of rotatable bonds is 8. The van der Waals surface area contributed by atoms with Crippen molar-refractivity contribution in [2.45, 2.75) is 13.3 Å². The Bertz CT molecular complexity index is 251. The summed E-state index contributed by atoms with van der Waals surface area (Å²) in [5.74, 6) is 1.62. The molecule has 0 atom stereocenters. The first-order chi connectivity index (χ1) is 7.65. The molecule has 0 unspecified atom stereocenters. The minimum Gasteiger partial charge on any atom is -0.383 e. The number of hydrogen-bond acceptors (Lipinski definition) is 4. The first kappa shape index (κ1) is 14.8. The molecule has 0 aliphatic rings. The van der Waals surface area contributed by atoms with Gasteiger partial charge in [-0.15, -0.1) is 0 Å². The van der Waals surface area contributed by atoms with Crippen molar-refractivity contribution in [3.05, 3.63) is 5.57 Å². The van der Waals surface area contributed by atoms with E-state index in [1.165, 1.54) is 0 Å². The van der Waals surface area contributed by atoms with Crippen molar-refractivity contribution in [1.29, 1.82) is 0 Å². The van der Waals surface area contributed by atoms with Gasteiger partial charge < -0.3 is 14.4 Å². The summed E-state index contributed by atoms with van der Waals surface area (Å²) in [6, 6.07) is 0. The van der Waals surface area contributed by atoms with Crippen LogP contribution in [0.25, 0.3) is 0 Å². The van der Waals surface area contributed by atoms with Gasteiger partial charge in [-0.1, -0.05) is 0 Å². The van der Waals surface area contributed by atoms with E-state index in [1.807, 2.05) is 0 Å². The van der Waals surface area contributed by atoms with Crippen LogP contribution in [0.1, 0.15) is 13.3 Å². The van der Waals surface area contributed by atoms with Crippen molar-refractivity contribution < 1.29 is 19.1 Å². The number of nitrogens with zero attached hydrogens (tertiary/aromatic N) is 1. The number of hydrogen-bond donors (Lipinski definition) is 0. The SMILES string of the molecule is COCCN(CCOC)C(=O)CC(C)=C=O. The van der Waals surface area contributed by atoms with E-state index in [4.69, 9.17) is 9.47 Å². The van der Waals surface area contributed by atoms with E-state index < -0.39 is 0 Å². The molecule has 0 fully saturated rings. The van der Waals surface area contributed by atoms with Crippen LogP contribution in [0.3, 0.4) is 0 Å². The van der Waals surface area contributed by atoms with E-state index in [9.17, 15) is 9.59 Å². The smallest absolute Gasteiger partial charge is 0.227 e. The van der Waals surface area contributed by atoms with Crippen molar-refractivity contribution in [2.75, 3.05) is 40.5 Å². The van der Waals surface area contributed by atoms with Crippen LogP contribution < -0.4 is 0 Å². The highest BCUT2D eigenvalue weighted by molar-refractivity contribution is 5.81. The van der Waals surface area contributed by atoms with Crippen LogP contribution in [0, 0.1) is 0 Å². The fourth-order valence-corrected chi connectivity index (χ4v) is 1.14. The molecule has 0 aromatic carbocycles. The molecule has 0 heterocycles. The molecular weight excluding hydrogens is 210 g/mol. The normalized spacial score (nSPS) is 9.69. The van der Waals surface area contributed by atoms with Crippen LogP contribution in [0.5, 0.6) is 0 Å². The monoisotopic (exact) mass is 229 g/mol. The highest BCUT2D eigenvalue weighted by Crippen LogP contribution is 2.01. The van der Waals surface area contributed by atoms with Gasteiger partial charge in [0.2, 0.25) is 5.91 Å². The van der Waals surface area contributed by atoms with Gasteiger partial charge in [-0.05, 0) is 6.92 Å². The third-order valence-electron chi connectivity index (χ3n) is 2.07. The minimum atomic E-state index is -0.102. The molecule has 0 bridgehead atoms. The van der Waals surface area contributed by atoms with E-state index in [1.54, 1.807) is 32.0 Å². The van der Waals surface area contributed by atoms with Crippen LogP contribution >= 0.6 is 0 Å². The van der Waals surface area contributed by atoms with Gasteiger partial charge in [0, 0.05) is 32.9 Å². The summed E-state index contributed by atoms with van der Waals surface area (Å²) in [6.07, 6.45) is 0.108. The zero-order valence-electron chi connectivity index (χ0n) is 10.1. The maximum Gasteiger partial charge on any atom is 0.227 e. The molecule has 0 aliphatic carbocycles. The Labute approximate surface area is 96.0 Å². The molecule has 5 nitrogen and oxygen atoms in total. The van der Waals surface area contributed by atoms with Crippen molar-refractivity contribution in [3.63, 3.8) is 0 Å². The summed E-state index contributed by atoms with van der Waals surface area (Å²) in [7, 11) is 3.16. The molecular formula is C11H19NO4. The Morgan fingerprint density at radius 1 is 1.19 bits per heavy atom. The van der Waals surface area contributed by atoms with Crippen LogP contribution in [0.15, 0.2) is 5.57 Å². The lowest BCUT2D eigenvalue weighted by Crippen LogP contribution is -2.36. The average Bonchev–Trinajstić information content (AvgIpc) is 2.28. The van der Waals surface area contributed by atoms with E-state index in [0.717, 1.165) is 0 Å². The van der Waals surface area contributed by atoms with Gasteiger partial charge in [-0.3, -0.25) is 4.79 Å². The second kappa shape index (κ2) is 9.09. The van der Waals surface area contributed by atoms with Gasteiger partial charge in [0.25, 0.3) is 0 Å². The second-order valence-electron chi connectivity index (χ2n) is 3.43. The Hall–Kier alpha value is -1.16. The first-order valence-corrected chi connectivity index (χ1v) is 5.12. The Morgan fingerprint density at radius 2 is 1.69 bits per heavy atom. The minimum absolute atomic E-state index is 0.102. The summed E-state index contributed by atoms with van der Waals surface area (Å²) >= 11 is 0. The molecule has 0 radical (unpaired) electrons. The predicted molar refractivity (Wildman–Crippen MR) is 59.8 cm³/mol. The standard InChI is InChI=1S/C11H19NO4/c1-10(9-13)8-11(14)12(4-6-15-2)5-7-16-3/h4-8H2,1-3H3. The van der Waals surface area contributed by atoms with Crippen molar-refractivity contribution in [1.82, 2.24) is 4.90 Å². The molecule has 92 valence electrons. The van der Waals surface area contributed by atoms with Gasteiger partial charge in [-0.25, -0.2) is 4.79 Å². The molecule has 0 aliphatic heterocycles. The van der Waals surface area contributed by atoms with Crippen LogP contribution in [-0.4, -0.2) is 57.3 Å². The van der Waals surface area contributed by atoms with E-state index in [2.05, 4.69) is 0 Å². The topological polar surface area (TPSA) is 55.8 Å². The molecule has 16 heavy (non-hydrogen) atoms. The lowest BCUT2D eigenvalue weighted by molar-refractivity contribution is -0.131. The van der Waals surface area contributed by atoms with Crippen molar-refractivity contribution in [2.24, 2.45) is 0 Å². The van der Waals surface area contributed by atoms with Gasteiger partial charge in [0.15, 0.2) is 0 Å². The molecule has 0 aromatic rings. The van der Waals surface area contributed by atoms with Gasteiger partial charge in [-0.2, -0.15) is 0 Å². The molecule has 0 aromatic heterocycles. The largest absolute Gasteiger partial charge is 0.383 e. The van der Waals surface area contributed by atoms with Gasteiger partial charge in [0.1, 0.15) is 5.94 Å². The fourth-order valence-electron chi connectivity index (χ4n) is 1.14. The average molecular weight is 229 g/mol. The zero-order valence-corrected chi connectivity index (χ0v) is 10.1. The molecule has 1 amide bonds. The number of amides is 1. The number of carbonyl (C=O) groups excluding carboxylic acids is 2. The fraction of sp³-hybridized carbons (Fsp3) is 0.727. The van der Waals surface area contributed by atoms with E-state index >= 15 is 0 Å².